The van der Waals surface area contributed by atoms with E-state index in [0.717, 1.165) is 35.3 Å². The summed E-state index contributed by atoms with van der Waals surface area (Å²) < 4.78 is 10.0. The summed E-state index contributed by atoms with van der Waals surface area (Å²) in [7, 11) is 0. The van der Waals surface area contributed by atoms with Crippen LogP contribution in [0.1, 0.15) is 34.7 Å². The molecule has 1 fully saturated rings. The molecule has 3 heterocycles. The Morgan fingerprint density at radius 2 is 2.30 bits per heavy atom. The molecule has 1 aliphatic heterocycles. The number of aryl methyl sites for hydroxylation is 1. The van der Waals surface area contributed by atoms with Crippen molar-refractivity contribution < 1.29 is 9.53 Å². The van der Waals surface area contributed by atoms with E-state index in [-0.39, 0.29) is 12.0 Å². The molecule has 2 aromatic heterocycles. The Balaban J connectivity index is 1.60. The molecule has 0 aromatic carbocycles. The third-order valence-electron chi connectivity index (χ3n) is 3.96. The third-order valence-corrected chi connectivity index (χ3v) is 5.11. The van der Waals surface area contributed by atoms with Crippen molar-refractivity contribution >= 4 is 21.8 Å². The van der Waals surface area contributed by atoms with Gasteiger partial charge in [-0.3, -0.25) is 9.48 Å². The van der Waals surface area contributed by atoms with Crippen molar-refractivity contribution in [1.29, 1.82) is 0 Å². The van der Waals surface area contributed by atoms with Gasteiger partial charge >= 0.3 is 0 Å². The Bertz CT molecular complexity index is 703. The summed E-state index contributed by atoms with van der Waals surface area (Å²) in [6, 6.07) is 1.71. The van der Waals surface area contributed by atoms with Gasteiger partial charge in [-0.15, -0.1) is 0 Å². The van der Waals surface area contributed by atoms with Crippen LogP contribution in [0.2, 0.25) is 0 Å². The Morgan fingerprint density at radius 3 is 2.96 bits per heavy atom. The number of ether oxygens (including phenoxy) is 1. The second-order valence-electron chi connectivity index (χ2n) is 5.71. The van der Waals surface area contributed by atoms with E-state index in [4.69, 9.17) is 4.74 Å². The zero-order valence-corrected chi connectivity index (χ0v) is 14.8. The SMILES string of the molecule is Cc1nn(Cn2ccc(C(=O)NC[C@@H]3CCCO3)n2)c(C)c1Br. The lowest BCUT2D eigenvalue weighted by Crippen LogP contribution is -2.32. The zero-order valence-electron chi connectivity index (χ0n) is 13.3. The van der Waals surface area contributed by atoms with Gasteiger partial charge in [-0.25, -0.2) is 4.68 Å². The van der Waals surface area contributed by atoms with Crippen molar-refractivity contribution in [3.8, 4) is 0 Å². The minimum absolute atomic E-state index is 0.132. The summed E-state index contributed by atoms with van der Waals surface area (Å²) in [5.41, 5.74) is 2.37. The van der Waals surface area contributed by atoms with Gasteiger partial charge < -0.3 is 10.1 Å². The molecular formula is C15H20BrN5O2. The number of amides is 1. The van der Waals surface area contributed by atoms with E-state index in [0.29, 0.717) is 18.9 Å². The van der Waals surface area contributed by atoms with Crippen molar-refractivity contribution in [1.82, 2.24) is 24.9 Å². The molecule has 0 unspecified atom stereocenters. The molecule has 124 valence electrons. The molecule has 2 aromatic rings. The average molecular weight is 382 g/mol. The Kier molecular flexibility index (Phi) is 4.82. The van der Waals surface area contributed by atoms with Crippen LogP contribution in [0.3, 0.4) is 0 Å². The molecular weight excluding hydrogens is 362 g/mol. The van der Waals surface area contributed by atoms with Gasteiger partial charge in [0.2, 0.25) is 0 Å². The van der Waals surface area contributed by atoms with Gasteiger partial charge in [-0.05, 0) is 48.7 Å². The van der Waals surface area contributed by atoms with E-state index in [1.165, 1.54) is 0 Å². The topological polar surface area (TPSA) is 74.0 Å². The van der Waals surface area contributed by atoms with E-state index in [9.17, 15) is 4.79 Å². The van der Waals surface area contributed by atoms with Crippen LogP contribution in [-0.4, -0.2) is 44.7 Å². The summed E-state index contributed by atoms with van der Waals surface area (Å²) in [6.07, 6.45) is 3.98. The highest BCUT2D eigenvalue weighted by Gasteiger charge is 2.18. The number of nitrogens with one attached hydrogen (secondary N) is 1. The molecule has 1 atom stereocenters. The maximum Gasteiger partial charge on any atom is 0.271 e. The molecule has 0 radical (unpaired) electrons. The van der Waals surface area contributed by atoms with Crippen LogP contribution >= 0.6 is 15.9 Å². The summed E-state index contributed by atoms with van der Waals surface area (Å²) in [5, 5.41) is 11.6. The molecule has 23 heavy (non-hydrogen) atoms. The highest BCUT2D eigenvalue weighted by molar-refractivity contribution is 9.10. The number of hydrogen-bond acceptors (Lipinski definition) is 4. The fraction of sp³-hybridized carbons (Fsp3) is 0.533. The lowest BCUT2D eigenvalue weighted by molar-refractivity contribution is 0.0853. The van der Waals surface area contributed by atoms with Crippen LogP contribution in [0.5, 0.6) is 0 Å². The molecule has 0 saturated carbocycles. The van der Waals surface area contributed by atoms with Gasteiger partial charge in [0, 0.05) is 19.3 Å². The third kappa shape index (κ3) is 3.64. The first-order valence-corrected chi connectivity index (χ1v) is 8.46. The number of aromatic nitrogens is 4. The molecule has 1 N–H and O–H groups in total. The van der Waals surface area contributed by atoms with Crippen LogP contribution in [-0.2, 0) is 11.4 Å². The summed E-state index contributed by atoms with van der Waals surface area (Å²) in [6.45, 7) is 5.73. The molecule has 0 bridgehead atoms. The highest BCUT2D eigenvalue weighted by atomic mass is 79.9. The first-order valence-electron chi connectivity index (χ1n) is 7.67. The monoisotopic (exact) mass is 381 g/mol. The van der Waals surface area contributed by atoms with Gasteiger partial charge in [-0.2, -0.15) is 10.2 Å². The first-order chi connectivity index (χ1) is 11.0. The molecule has 1 amide bonds. The maximum absolute atomic E-state index is 12.1. The van der Waals surface area contributed by atoms with Gasteiger partial charge in [0.1, 0.15) is 12.4 Å². The predicted molar refractivity (Wildman–Crippen MR) is 88.3 cm³/mol. The van der Waals surface area contributed by atoms with Crippen LogP contribution in [0.4, 0.5) is 0 Å². The summed E-state index contributed by atoms with van der Waals surface area (Å²) in [4.78, 5) is 12.1. The molecule has 3 rings (SSSR count). The van der Waals surface area contributed by atoms with Crippen LogP contribution in [0, 0.1) is 13.8 Å². The van der Waals surface area contributed by atoms with Gasteiger partial charge in [0.05, 0.1) is 22.0 Å². The van der Waals surface area contributed by atoms with Crippen LogP contribution < -0.4 is 5.32 Å². The van der Waals surface area contributed by atoms with Crippen LogP contribution in [0.25, 0.3) is 0 Å². The average Bonchev–Trinajstić information content (AvgIpc) is 3.25. The fourth-order valence-corrected chi connectivity index (χ4v) is 2.90. The van der Waals surface area contributed by atoms with E-state index in [2.05, 4.69) is 31.4 Å². The van der Waals surface area contributed by atoms with Crippen molar-refractivity contribution in [2.24, 2.45) is 0 Å². The Labute approximate surface area is 143 Å². The summed E-state index contributed by atoms with van der Waals surface area (Å²) >= 11 is 3.51. The number of halogens is 1. The zero-order chi connectivity index (χ0) is 16.4. The van der Waals surface area contributed by atoms with Gasteiger partial charge in [-0.1, -0.05) is 0 Å². The molecule has 1 saturated heterocycles. The quantitative estimate of drug-likeness (QED) is 0.857. The second kappa shape index (κ2) is 6.84. The fourth-order valence-electron chi connectivity index (χ4n) is 2.61. The molecule has 7 nitrogen and oxygen atoms in total. The number of carbonyl (C=O) groups excluding carboxylic acids is 1. The minimum Gasteiger partial charge on any atom is -0.376 e. The smallest absolute Gasteiger partial charge is 0.271 e. The Morgan fingerprint density at radius 1 is 1.48 bits per heavy atom. The Hall–Kier alpha value is -1.67. The first kappa shape index (κ1) is 16.2. The number of rotatable bonds is 5. The van der Waals surface area contributed by atoms with E-state index in [1.54, 1.807) is 16.9 Å². The van der Waals surface area contributed by atoms with Crippen molar-refractivity contribution in [2.75, 3.05) is 13.2 Å². The molecule has 8 heteroatoms. The lowest BCUT2D eigenvalue weighted by Gasteiger charge is -2.09. The van der Waals surface area contributed by atoms with E-state index in [1.807, 2.05) is 18.5 Å². The predicted octanol–water partition coefficient (Wildman–Crippen LogP) is 1.87. The maximum atomic E-state index is 12.1. The number of nitrogens with zero attached hydrogens (tertiary/aromatic N) is 4. The summed E-state index contributed by atoms with van der Waals surface area (Å²) in [5.74, 6) is -0.172. The number of hydrogen-bond donors (Lipinski definition) is 1. The molecule has 0 spiro atoms. The molecule has 0 aliphatic carbocycles. The molecule has 1 aliphatic rings. The number of carbonyl (C=O) groups is 1. The minimum atomic E-state index is -0.172. The van der Waals surface area contributed by atoms with E-state index < -0.39 is 0 Å². The second-order valence-corrected chi connectivity index (χ2v) is 6.50. The lowest BCUT2D eigenvalue weighted by atomic mass is 10.2. The van der Waals surface area contributed by atoms with E-state index >= 15 is 0 Å². The van der Waals surface area contributed by atoms with Crippen molar-refractivity contribution in [3.05, 3.63) is 33.8 Å². The highest BCUT2D eigenvalue weighted by Crippen LogP contribution is 2.19. The standard InChI is InChI=1S/C15H20BrN5O2/c1-10-14(16)11(2)21(18-10)9-20-6-5-13(19-20)15(22)17-8-12-4-3-7-23-12/h5-6,12H,3-4,7-9H2,1-2H3,(H,17,22)/t12-/m0/s1. The largest absolute Gasteiger partial charge is 0.376 e. The normalized spacial score (nSPS) is 17.6. The van der Waals surface area contributed by atoms with Crippen LogP contribution in [0.15, 0.2) is 16.7 Å². The van der Waals surface area contributed by atoms with Crippen molar-refractivity contribution in [2.45, 2.75) is 39.5 Å². The van der Waals surface area contributed by atoms with Crippen molar-refractivity contribution in [3.63, 3.8) is 0 Å². The van der Waals surface area contributed by atoms with Gasteiger partial charge in [0.25, 0.3) is 5.91 Å². The van der Waals surface area contributed by atoms with Gasteiger partial charge in [0.15, 0.2) is 0 Å².